The van der Waals surface area contributed by atoms with Crippen LogP contribution in [0.25, 0.3) is 0 Å². The summed E-state index contributed by atoms with van der Waals surface area (Å²) in [6, 6.07) is 8.32. The van der Waals surface area contributed by atoms with Gasteiger partial charge in [-0.2, -0.15) is 12.6 Å². The van der Waals surface area contributed by atoms with Crippen LogP contribution in [-0.4, -0.2) is 12.4 Å². The third-order valence-corrected chi connectivity index (χ3v) is 4.79. The first-order valence-corrected chi connectivity index (χ1v) is 7.60. The lowest BCUT2D eigenvalue weighted by molar-refractivity contribution is 0.0483. The van der Waals surface area contributed by atoms with Crippen molar-refractivity contribution in [2.45, 2.75) is 32.3 Å². The molecule has 0 spiro atoms. The minimum absolute atomic E-state index is 0.346. The summed E-state index contributed by atoms with van der Waals surface area (Å²) in [6.07, 6.45) is 5.22. The number of thiol groups is 1. The summed E-state index contributed by atoms with van der Waals surface area (Å²) in [6.45, 7) is 1.56. The molecule has 0 saturated heterocycles. The van der Waals surface area contributed by atoms with E-state index in [2.05, 4.69) is 52.8 Å². The molecule has 3 heteroatoms. The van der Waals surface area contributed by atoms with Crippen LogP contribution in [0.15, 0.2) is 28.7 Å². The molecular formula is C14H19BrOS. The third-order valence-electron chi connectivity index (χ3n) is 3.59. The maximum atomic E-state index is 5.87. The van der Waals surface area contributed by atoms with E-state index in [-0.39, 0.29) is 0 Å². The van der Waals surface area contributed by atoms with Gasteiger partial charge < -0.3 is 4.74 Å². The van der Waals surface area contributed by atoms with Gasteiger partial charge in [-0.15, -0.1) is 0 Å². The van der Waals surface area contributed by atoms with E-state index in [1.807, 2.05) is 0 Å². The zero-order chi connectivity index (χ0) is 12.1. The molecule has 0 heterocycles. The van der Waals surface area contributed by atoms with E-state index in [1.165, 1.54) is 31.2 Å². The van der Waals surface area contributed by atoms with Crippen LogP contribution in [0.1, 0.15) is 31.2 Å². The lowest BCUT2D eigenvalue weighted by Crippen LogP contribution is -2.25. The van der Waals surface area contributed by atoms with Crippen molar-refractivity contribution in [2.24, 2.45) is 5.41 Å². The largest absolute Gasteiger partial charge is 0.376 e. The van der Waals surface area contributed by atoms with Gasteiger partial charge in [0.25, 0.3) is 0 Å². The van der Waals surface area contributed by atoms with E-state index in [0.29, 0.717) is 12.0 Å². The topological polar surface area (TPSA) is 9.23 Å². The van der Waals surface area contributed by atoms with Gasteiger partial charge in [0.15, 0.2) is 0 Å². The second-order valence-electron chi connectivity index (χ2n) is 4.98. The maximum absolute atomic E-state index is 5.87. The van der Waals surface area contributed by atoms with E-state index < -0.39 is 0 Å². The van der Waals surface area contributed by atoms with Crippen molar-refractivity contribution >= 4 is 28.6 Å². The molecule has 2 rings (SSSR count). The van der Waals surface area contributed by atoms with Crippen LogP contribution in [0.5, 0.6) is 0 Å². The molecular weight excluding hydrogens is 296 g/mol. The Morgan fingerprint density at radius 3 is 2.41 bits per heavy atom. The Morgan fingerprint density at radius 2 is 1.82 bits per heavy atom. The van der Waals surface area contributed by atoms with Gasteiger partial charge in [-0.05, 0) is 36.3 Å². The summed E-state index contributed by atoms with van der Waals surface area (Å²) in [5.74, 6) is 0.952. The standard InChI is InChI=1S/C14H19BrOS/c15-13-5-3-12(4-6-13)9-16-10-14(11-17)7-1-2-8-14/h3-6,17H,1-2,7-11H2. The molecule has 0 bridgehead atoms. The van der Waals surface area contributed by atoms with Crippen LogP contribution in [0.3, 0.4) is 0 Å². The fourth-order valence-corrected chi connectivity index (χ4v) is 3.11. The number of hydrogen-bond donors (Lipinski definition) is 1. The number of hydrogen-bond acceptors (Lipinski definition) is 2. The number of rotatable bonds is 5. The van der Waals surface area contributed by atoms with Crippen LogP contribution in [0, 0.1) is 5.41 Å². The Bertz CT molecular complexity index is 344. The van der Waals surface area contributed by atoms with Gasteiger partial charge in [0.1, 0.15) is 0 Å². The molecule has 0 aliphatic heterocycles. The normalized spacial score (nSPS) is 18.5. The van der Waals surface area contributed by atoms with E-state index >= 15 is 0 Å². The van der Waals surface area contributed by atoms with Gasteiger partial charge >= 0.3 is 0 Å². The second kappa shape index (κ2) is 6.26. The molecule has 1 aromatic rings. The van der Waals surface area contributed by atoms with Gasteiger partial charge in [0.05, 0.1) is 13.2 Å². The van der Waals surface area contributed by atoms with Crippen molar-refractivity contribution in [3.63, 3.8) is 0 Å². The Balaban J connectivity index is 1.80. The van der Waals surface area contributed by atoms with Gasteiger partial charge in [-0.25, -0.2) is 0 Å². The smallest absolute Gasteiger partial charge is 0.0717 e. The van der Waals surface area contributed by atoms with Gasteiger partial charge in [-0.1, -0.05) is 40.9 Å². The predicted molar refractivity (Wildman–Crippen MR) is 78.6 cm³/mol. The first kappa shape index (κ1) is 13.4. The molecule has 1 aliphatic carbocycles. The molecule has 0 unspecified atom stereocenters. The van der Waals surface area contributed by atoms with Crippen LogP contribution < -0.4 is 0 Å². The van der Waals surface area contributed by atoms with Crippen LogP contribution >= 0.6 is 28.6 Å². The average molecular weight is 315 g/mol. The van der Waals surface area contributed by atoms with E-state index in [1.54, 1.807) is 0 Å². The molecule has 17 heavy (non-hydrogen) atoms. The maximum Gasteiger partial charge on any atom is 0.0717 e. The summed E-state index contributed by atoms with van der Waals surface area (Å²) < 4.78 is 6.99. The molecule has 0 amide bonds. The quantitative estimate of drug-likeness (QED) is 0.790. The lowest BCUT2D eigenvalue weighted by Gasteiger charge is -2.26. The minimum atomic E-state index is 0.346. The number of halogens is 1. The second-order valence-corrected chi connectivity index (χ2v) is 6.22. The highest BCUT2D eigenvalue weighted by atomic mass is 79.9. The van der Waals surface area contributed by atoms with E-state index in [4.69, 9.17) is 4.74 Å². The molecule has 1 aromatic carbocycles. The number of benzene rings is 1. The molecule has 1 fully saturated rings. The predicted octanol–water partition coefficient (Wildman–Crippen LogP) is 4.46. The third kappa shape index (κ3) is 3.73. The Kier molecular flexibility index (Phi) is 4.95. The summed E-state index contributed by atoms with van der Waals surface area (Å²) in [5, 5.41) is 0. The van der Waals surface area contributed by atoms with E-state index in [9.17, 15) is 0 Å². The van der Waals surface area contributed by atoms with Crippen molar-refractivity contribution in [1.82, 2.24) is 0 Å². The summed E-state index contributed by atoms with van der Waals surface area (Å²) in [7, 11) is 0. The van der Waals surface area contributed by atoms with Crippen molar-refractivity contribution in [1.29, 1.82) is 0 Å². The monoisotopic (exact) mass is 314 g/mol. The zero-order valence-electron chi connectivity index (χ0n) is 9.99. The van der Waals surface area contributed by atoms with Gasteiger partial charge in [0, 0.05) is 9.89 Å². The zero-order valence-corrected chi connectivity index (χ0v) is 12.5. The molecule has 0 radical (unpaired) electrons. The molecule has 0 atom stereocenters. The average Bonchev–Trinajstić information content (AvgIpc) is 2.81. The van der Waals surface area contributed by atoms with E-state index in [0.717, 1.165) is 16.8 Å². The summed E-state index contributed by atoms with van der Waals surface area (Å²) in [4.78, 5) is 0. The van der Waals surface area contributed by atoms with Gasteiger partial charge in [0.2, 0.25) is 0 Å². The fourth-order valence-electron chi connectivity index (χ4n) is 2.44. The Labute approximate surface area is 117 Å². The Morgan fingerprint density at radius 1 is 1.18 bits per heavy atom. The first-order chi connectivity index (χ1) is 8.24. The van der Waals surface area contributed by atoms with Crippen LogP contribution in [0.2, 0.25) is 0 Å². The molecule has 1 nitrogen and oxygen atoms in total. The lowest BCUT2D eigenvalue weighted by atomic mass is 9.90. The minimum Gasteiger partial charge on any atom is -0.376 e. The summed E-state index contributed by atoms with van der Waals surface area (Å²) >= 11 is 7.93. The highest BCUT2D eigenvalue weighted by Gasteiger charge is 2.32. The fraction of sp³-hybridized carbons (Fsp3) is 0.571. The SMILES string of the molecule is SCC1(COCc2ccc(Br)cc2)CCCC1. The van der Waals surface area contributed by atoms with Crippen LogP contribution in [0.4, 0.5) is 0 Å². The summed E-state index contributed by atoms with van der Waals surface area (Å²) in [5.41, 5.74) is 1.58. The first-order valence-electron chi connectivity index (χ1n) is 6.17. The van der Waals surface area contributed by atoms with Gasteiger partial charge in [-0.3, -0.25) is 0 Å². The van der Waals surface area contributed by atoms with Crippen LogP contribution in [-0.2, 0) is 11.3 Å². The Hall–Kier alpha value is 0.01000. The van der Waals surface area contributed by atoms with Crippen molar-refractivity contribution < 1.29 is 4.74 Å². The highest BCUT2D eigenvalue weighted by molar-refractivity contribution is 9.10. The van der Waals surface area contributed by atoms with Crippen molar-refractivity contribution in [3.8, 4) is 0 Å². The molecule has 94 valence electrons. The molecule has 0 aromatic heterocycles. The van der Waals surface area contributed by atoms with Crippen molar-refractivity contribution in [2.75, 3.05) is 12.4 Å². The number of ether oxygens (including phenoxy) is 1. The molecule has 1 saturated carbocycles. The van der Waals surface area contributed by atoms with Crippen molar-refractivity contribution in [3.05, 3.63) is 34.3 Å². The molecule has 1 aliphatic rings. The molecule has 0 N–H and O–H groups in total. The highest BCUT2D eigenvalue weighted by Crippen LogP contribution is 2.39.